The molecule has 0 aliphatic carbocycles. The summed E-state index contributed by atoms with van der Waals surface area (Å²) in [7, 11) is 0. The van der Waals surface area contributed by atoms with E-state index in [1.807, 2.05) is 48.5 Å². The van der Waals surface area contributed by atoms with Gasteiger partial charge in [-0.05, 0) is 24.0 Å². The molecule has 0 atom stereocenters. The van der Waals surface area contributed by atoms with E-state index in [0.29, 0.717) is 27.5 Å². The molecule has 1 aliphatic heterocycles. The first-order valence-corrected chi connectivity index (χ1v) is 10.7. The molecule has 5 heteroatoms. The quantitative estimate of drug-likeness (QED) is 0.542. The number of aromatic nitrogens is 1. The number of benzene rings is 2. The summed E-state index contributed by atoms with van der Waals surface area (Å²) in [4.78, 5) is 7.02. The third kappa shape index (κ3) is 3.97. The molecule has 2 aromatic carbocycles. The van der Waals surface area contributed by atoms with Gasteiger partial charge < -0.3 is 4.90 Å². The van der Waals surface area contributed by atoms with E-state index in [4.69, 9.17) is 4.98 Å². The zero-order valence-corrected chi connectivity index (χ0v) is 16.8. The molecular weight excluding hydrogens is 376 g/mol. The topological polar surface area (TPSA) is 63.7 Å². The van der Waals surface area contributed by atoms with Crippen molar-refractivity contribution < 1.29 is 0 Å². The van der Waals surface area contributed by atoms with Crippen molar-refractivity contribution in [2.75, 3.05) is 18.0 Å². The number of hydrogen-bond acceptors (Lipinski definition) is 5. The first-order valence-electron chi connectivity index (χ1n) is 9.67. The lowest BCUT2D eigenvalue weighted by Crippen LogP contribution is -2.21. The fraction of sp³-hybridized carbons (Fsp3) is 0.208. The van der Waals surface area contributed by atoms with E-state index in [2.05, 4.69) is 29.2 Å². The van der Waals surface area contributed by atoms with Crippen molar-refractivity contribution in [3.8, 4) is 23.3 Å². The zero-order valence-electron chi connectivity index (χ0n) is 16.0. The smallest absolute Gasteiger partial charge is 0.148 e. The van der Waals surface area contributed by atoms with E-state index in [1.54, 1.807) is 11.8 Å². The Morgan fingerprint density at radius 3 is 2.10 bits per heavy atom. The van der Waals surface area contributed by atoms with Crippen LogP contribution in [0, 0.1) is 22.7 Å². The van der Waals surface area contributed by atoms with Crippen LogP contribution in [0.4, 0.5) is 5.82 Å². The lowest BCUT2D eigenvalue weighted by atomic mass is 9.96. The summed E-state index contributed by atoms with van der Waals surface area (Å²) in [5.74, 6) is 1.43. The van der Waals surface area contributed by atoms with Gasteiger partial charge in [-0.15, -0.1) is 11.8 Å². The SMILES string of the molecule is N#Cc1c(SCc2ccccc2)nc(N2CCCC2)c(C#N)c1-c1ccccc1. The molecule has 4 rings (SSSR count). The summed E-state index contributed by atoms with van der Waals surface area (Å²) in [6.45, 7) is 1.79. The van der Waals surface area contributed by atoms with E-state index in [-0.39, 0.29) is 0 Å². The van der Waals surface area contributed by atoms with Crippen LogP contribution in [0.1, 0.15) is 29.5 Å². The Kier molecular flexibility index (Phi) is 5.79. The predicted octanol–water partition coefficient (Wildman–Crippen LogP) is 5.38. The van der Waals surface area contributed by atoms with Crippen molar-refractivity contribution in [3.63, 3.8) is 0 Å². The van der Waals surface area contributed by atoms with Gasteiger partial charge in [0.05, 0.1) is 5.56 Å². The third-order valence-corrected chi connectivity index (χ3v) is 6.10. The van der Waals surface area contributed by atoms with Gasteiger partial charge in [-0.1, -0.05) is 60.7 Å². The third-order valence-electron chi connectivity index (χ3n) is 5.05. The van der Waals surface area contributed by atoms with Gasteiger partial charge in [-0.3, -0.25) is 0 Å². The Bertz CT molecular complexity index is 1080. The summed E-state index contributed by atoms with van der Waals surface area (Å²) >= 11 is 1.56. The summed E-state index contributed by atoms with van der Waals surface area (Å²) in [5, 5.41) is 20.7. The van der Waals surface area contributed by atoms with Gasteiger partial charge in [-0.25, -0.2) is 4.98 Å². The molecule has 0 amide bonds. The number of anilines is 1. The second-order valence-corrected chi connectivity index (χ2v) is 7.89. The molecule has 1 aliphatic rings. The van der Waals surface area contributed by atoms with Crippen LogP contribution in [0.3, 0.4) is 0 Å². The van der Waals surface area contributed by atoms with Crippen LogP contribution < -0.4 is 4.90 Å². The van der Waals surface area contributed by atoms with Crippen LogP contribution in [0.2, 0.25) is 0 Å². The minimum atomic E-state index is 0.483. The Hall–Kier alpha value is -3.28. The Labute approximate surface area is 175 Å². The second-order valence-electron chi connectivity index (χ2n) is 6.92. The second kappa shape index (κ2) is 8.82. The van der Waals surface area contributed by atoms with Gasteiger partial charge in [0.25, 0.3) is 0 Å². The van der Waals surface area contributed by atoms with Gasteiger partial charge >= 0.3 is 0 Å². The van der Waals surface area contributed by atoms with Gasteiger partial charge in [0.1, 0.15) is 28.5 Å². The summed E-state index contributed by atoms with van der Waals surface area (Å²) in [6.07, 6.45) is 2.19. The van der Waals surface area contributed by atoms with Crippen LogP contribution in [0.15, 0.2) is 65.7 Å². The molecule has 1 saturated heterocycles. The van der Waals surface area contributed by atoms with Gasteiger partial charge in [0.2, 0.25) is 0 Å². The molecule has 142 valence electrons. The average molecular weight is 397 g/mol. The van der Waals surface area contributed by atoms with Crippen LogP contribution in [0.5, 0.6) is 0 Å². The molecule has 0 radical (unpaired) electrons. The Morgan fingerprint density at radius 1 is 0.862 bits per heavy atom. The number of nitriles is 2. The van der Waals surface area contributed by atoms with Gasteiger partial charge in [-0.2, -0.15) is 10.5 Å². The molecule has 1 fully saturated rings. The average Bonchev–Trinajstić information content (AvgIpc) is 3.32. The number of nitrogens with zero attached hydrogens (tertiary/aromatic N) is 4. The maximum absolute atomic E-state index is 10.0. The van der Waals surface area contributed by atoms with E-state index in [9.17, 15) is 10.5 Å². The van der Waals surface area contributed by atoms with Crippen molar-refractivity contribution >= 4 is 17.6 Å². The first kappa shape index (κ1) is 19.1. The van der Waals surface area contributed by atoms with E-state index in [0.717, 1.165) is 37.2 Å². The van der Waals surface area contributed by atoms with Crippen molar-refractivity contribution in [2.45, 2.75) is 23.6 Å². The van der Waals surface area contributed by atoms with Crippen LogP contribution >= 0.6 is 11.8 Å². The molecule has 29 heavy (non-hydrogen) atoms. The van der Waals surface area contributed by atoms with E-state index < -0.39 is 0 Å². The minimum Gasteiger partial charge on any atom is -0.355 e. The Morgan fingerprint density at radius 2 is 1.48 bits per heavy atom. The maximum atomic E-state index is 10.0. The molecule has 1 aromatic heterocycles. The molecule has 0 N–H and O–H groups in total. The summed E-state index contributed by atoms with van der Waals surface area (Å²) in [5.41, 5.74) is 3.74. The summed E-state index contributed by atoms with van der Waals surface area (Å²) in [6, 6.07) is 24.6. The van der Waals surface area contributed by atoms with Gasteiger partial charge in [0, 0.05) is 24.4 Å². The molecule has 2 heterocycles. The Balaban J connectivity index is 1.86. The summed E-state index contributed by atoms with van der Waals surface area (Å²) < 4.78 is 0. The number of hydrogen-bond donors (Lipinski definition) is 0. The van der Waals surface area contributed by atoms with Crippen LogP contribution in [-0.4, -0.2) is 18.1 Å². The number of pyridine rings is 1. The standard InChI is InChI=1S/C24H20N4S/c25-15-20-22(19-11-5-2-6-12-19)21(16-26)24(27-23(20)28-13-7-8-14-28)29-17-18-9-3-1-4-10-18/h1-6,9-12H,7-8,13-14,17H2. The van der Waals surface area contributed by atoms with Crippen molar-refractivity contribution in [1.82, 2.24) is 4.98 Å². The van der Waals surface area contributed by atoms with Crippen molar-refractivity contribution in [2.24, 2.45) is 0 Å². The molecule has 0 saturated carbocycles. The zero-order chi connectivity index (χ0) is 20.1. The largest absolute Gasteiger partial charge is 0.355 e. The molecule has 4 nitrogen and oxygen atoms in total. The highest BCUT2D eigenvalue weighted by atomic mass is 32.2. The highest BCUT2D eigenvalue weighted by Crippen LogP contribution is 2.39. The fourth-order valence-electron chi connectivity index (χ4n) is 3.64. The predicted molar refractivity (Wildman–Crippen MR) is 117 cm³/mol. The van der Waals surface area contributed by atoms with Crippen molar-refractivity contribution in [1.29, 1.82) is 10.5 Å². The highest BCUT2D eigenvalue weighted by molar-refractivity contribution is 7.98. The van der Waals surface area contributed by atoms with Crippen molar-refractivity contribution in [3.05, 3.63) is 77.4 Å². The van der Waals surface area contributed by atoms with Crippen LogP contribution in [-0.2, 0) is 5.75 Å². The van der Waals surface area contributed by atoms with Crippen LogP contribution in [0.25, 0.3) is 11.1 Å². The molecule has 0 unspecified atom stereocenters. The molecule has 3 aromatic rings. The molecular formula is C24H20N4S. The van der Waals surface area contributed by atoms with E-state index >= 15 is 0 Å². The lowest BCUT2D eigenvalue weighted by Gasteiger charge is -2.22. The normalized spacial score (nSPS) is 13.1. The molecule has 0 spiro atoms. The maximum Gasteiger partial charge on any atom is 0.148 e. The first-order chi connectivity index (χ1) is 14.3. The van der Waals surface area contributed by atoms with Gasteiger partial charge in [0.15, 0.2) is 0 Å². The monoisotopic (exact) mass is 396 g/mol. The lowest BCUT2D eigenvalue weighted by molar-refractivity contribution is 0.910. The van der Waals surface area contributed by atoms with E-state index in [1.165, 1.54) is 5.56 Å². The molecule has 0 bridgehead atoms. The number of rotatable bonds is 5. The highest BCUT2D eigenvalue weighted by Gasteiger charge is 2.26. The minimum absolute atomic E-state index is 0.483. The number of thioether (sulfide) groups is 1. The fourth-order valence-corrected chi connectivity index (χ4v) is 4.58.